The maximum absolute atomic E-state index is 12.7. The topological polar surface area (TPSA) is 59.6 Å². The van der Waals surface area contributed by atoms with Crippen molar-refractivity contribution in [1.29, 1.82) is 0 Å². The van der Waals surface area contributed by atoms with E-state index in [0.29, 0.717) is 29.4 Å². The van der Waals surface area contributed by atoms with E-state index in [4.69, 9.17) is 9.47 Å². The van der Waals surface area contributed by atoms with Gasteiger partial charge in [0.1, 0.15) is 5.75 Å². The molecule has 1 amide bonds. The smallest absolute Gasteiger partial charge is 0.255 e. The van der Waals surface area contributed by atoms with Gasteiger partial charge >= 0.3 is 0 Å². The average Bonchev–Trinajstić information content (AvgIpc) is 2.65. The van der Waals surface area contributed by atoms with Crippen LogP contribution in [-0.4, -0.2) is 31.6 Å². The molecular formula is C20H25ClN2O3. The van der Waals surface area contributed by atoms with Crippen LogP contribution >= 0.6 is 12.4 Å². The van der Waals surface area contributed by atoms with Crippen LogP contribution in [0.1, 0.15) is 30.1 Å². The predicted octanol–water partition coefficient (Wildman–Crippen LogP) is 3.78. The number of rotatable bonds is 6. The molecule has 0 aliphatic carbocycles. The summed E-state index contributed by atoms with van der Waals surface area (Å²) in [5.41, 5.74) is 0.527. The van der Waals surface area contributed by atoms with Gasteiger partial charge in [-0.1, -0.05) is 24.3 Å². The van der Waals surface area contributed by atoms with Crippen LogP contribution in [0.15, 0.2) is 48.5 Å². The highest BCUT2D eigenvalue weighted by Gasteiger charge is 2.19. The number of amides is 1. The largest absolute Gasteiger partial charge is 0.490 e. The SMILES string of the molecule is CCOc1ccccc1Oc1ccccc1C(=O)N[C@H]1CCCNC1.Cl. The van der Waals surface area contributed by atoms with Crippen LogP contribution in [-0.2, 0) is 0 Å². The number of carbonyl (C=O) groups excluding carboxylic acids is 1. The van der Waals surface area contributed by atoms with Crippen LogP contribution in [0.2, 0.25) is 0 Å². The molecule has 2 aromatic carbocycles. The standard InChI is InChI=1S/C20H24N2O3.ClH/c1-2-24-18-11-5-6-12-19(18)25-17-10-4-3-9-16(17)20(23)22-15-8-7-13-21-14-15;/h3-6,9-12,15,21H,2,7-8,13-14H2,1H3,(H,22,23);1H/t15-;/m0./s1. The molecule has 1 saturated heterocycles. The molecule has 1 aliphatic heterocycles. The molecule has 2 N–H and O–H groups in total. The van der Waals surface area contributed by atoms with Crippen molar-refractivity contribution in [2.24, 2.45) is 0 Å². The van der Waals surface area contributed by atoms with E-state index in [1.54, 1.807) is 12.1 Å². The summed E-state index contributed by atoms with van der Waals surface area (Å²) in [4.78, 5) is 12.7. The Balaban J connectivity index is 0.00000243. The van der Waals surface area contributed by atoms with Crippen molar-refractivity contribution in [3.8, 4) is 17.2 Å². The van der Waals surface area contributed by atoms with Gasteiger partial charge in [0, 0.05) is 12.6 Å². The van der Waals surface area contributed by atoms with Gasteiger partial charge in [0.2, 0.25) is 0 Å². The average molecular weight is 377 g/mol. The molecule has 6 heteroatoms. The number of piperidine rings is 1. The summed E-state index contributed by atoms with van der Waals surface area (Å²) in [6.07, 6.45) is 2.07. The summed E-state index contributed by atoms with van der Waals surface area (Å²) < 4.78 is 11.6. The number of nitrogens with one attached hydrogen (secondary N) is 2. The Morgan fingerprint density at radius 3 is 2.50 bits per heavy atom. The van der Waals surface area contributed by atoms with E-state index in [1.165, 1.54) is 0 Å². The third-order valence-electron chi connectivity index (χ3n) is 4.13. The zero-order valence-corrected chi connectivity index (χ0v) is 15.7. The maximum Gasteiger partial charge on any atom is 0.255 e. The summed E-state index contributed by atoms with van der Waals surface area (Å²) in [7, 11) is 0. The fourth-order valence-electron chi connectivity index (χ4n) is 2.91. The number of hydrogen-bond acceptors (Lipinski definition) is 4. The molecule has 0 unspecified atom stereocenters. The molecule has 1 atom stereocenters. The van der Waals surface area contributed by atoms with Crippen molar-refractivity contribution < 1.29 is 14.3 Å². The molecule has 0 radical (unpaired) electrons. The second-order valence-corrected chi connectivity index (χ2v) is 5.99. The number of ether oxygens (including phenoxy) is 2. The Bertz CT molecular complexity index is 718. The molecular weight excluding hydrogens is 352 g/mol. The molecule has 0 aromatic heterocycles. The van der Waals surface area contributed by atoms with Crippen LogP contribution in [0.3, 0.4) is 0 Å². The van der Waals surface area contributed by atoms with E-state index in [9.17, 15) is 4.79 Å². The lowest BCUT2D eigenvalue weighted by atomic mass is 10.1. The lowest BCUT2D eigenvalue weighted by Gasteiger charge is -2.24. The van der Waals surface area contributed by atoms with E-state index >= 15 is 0 Å². The van der Waals surface area contributed by atoms with Gasteiger partial charge in [-0.2, -0.15) is 0 Å². The monoisotopic (exact) mass is 376 g/mol. The van der Waals surface area contributed by atoms with Crippen molar-refractivity contribution in [1.82, 2.24) is 10.6 Å². The molecule has 1 fully saturated rings. The molecule has 5 nitrogen and oxygen atoms in total. The number of para-hydroxylation sites is 3. The van der Waals surface area contributed by atoms with E-state index in [0.717, 1.165) is 25.9 Å². The lowest BCUT2D eigenvalue weighted by molar-refractivity contribution is 0.0928. The normalized spacial score (nSPS) is 16.3. The first-order valence-electron chi connectivity index (χ1n) is 8.78. The third kappa shape index (κ3) is 5.13. The van der Waals surface area contributed by atoms with E-state index in [1.807, 2.05) is 43.3 Å². The van der Waals surface area contributed by atoms with Crippen molar-refractivity contribution in [3.63, 3.8) is 0 Å². The zero-order chi connectivity index (χ0) is 17.5. The molecule has 3 rings (SSSR count). The van der Waals surface area contributed by atoms with Crippen molar-refractivity contribution >= 4 is 18.3 Å². The Kier molecular flexibility index (Phi) is 7.75. The minimum atomic E-state index is -0.113. The van der Waals surface area contributed by atoms with E-state index < -0.39 is 0 Å². The Labute approximate surface area is 160 Å². The minimum absolute atomic E-state index is 0. The summed E-state index contributed by atoms with van der Waals surface area (Å²) in [5, 5.41) is 6.39. The first-order valence-corrected chi connectivity index (χ1v) is 8.78. The number of carbonyl (C=O) groups is 1. The molecule has 1 heterocycles. The van der Waals surface area contributed by atoms with Crippen molar-refractivity contribution in [2.75, 3.05) is 19.7 Å². The summed E-state index contributed by atoms with van der Waals surface area (Å²) in [6, 6.07) is 14.9. The first kappa shape index (κ1) is 20.1. The number of halogens is 1. The molecule has 0 spiro atoms. The van der Waals surface area contributed by atoms with Gasteiger partial charge in [0.15, 0.2) is 11.5 Å². The van der Waals surface area contributed by atoms with Gasteiger partial charge in [-0.05, 0) is 50.6 Å². The molecule has 0 bridgehead atoms. The predicted molar refractivity (Wildman–Crippen MR) is 105 cm³/mol. The Morgan fingerprint density at radius 2 is 1.81 bits per heavy atom. The van der Waals surface area contributed by atoms with Crippen LogP contribution < -0.4 is 20.1 Å². The van der Waals surface area contributed by atoms with E-state index in [-0.39, 0.29) is 24.4 Å². The molecule has 140 valence electrons. The van der Waals surface area contributed by atoms with Crippen molar-refractivity contribution in [3.05, 3.63) is 54.1 Å². The number of benzene rings is 2. The summed E-state index contributed by atoms with van der Waals surface area (Å²) in [6.45, 7) is 4.30. The van der Waals surface area contributed by atoms with Gasteiger partial charge in [-0.3, -0.25) is 4.79 Å². The molecule has 2 aromatic rings. The quantitative estimate of drug-likeness (QED) is 0.805. The summed E-state index contributed by atoms with van der Waals surface area (Å²) in [5.74, 6) is 1.68. The van der Waals surface area contributed by atoms with Gasteiger partial charge in [-0.25, -0.2) is 0 Å². The third-order valence-corrected chi connectivity index (χ3v) is 4.13. The van der Waals surface area contributed by atoms with Crippen molar-refractivity contribution in [2.45, 2.75) is 25.8 Å². The van der Waals surface area contributed by atoms with Gasteiger partial charge in [0.05, 0.1) is 12.2 Å². The Hall–Kier alpha value is -2.24. The van der Waals surface area contributed by atoms with E-state index in [2.05, 4.69) is 10.6 Å². The van der Waals surface area contributed by atoms with Gasteiger partial charge in [0.25, 0.3) is 5.91 Å². The van der Waals surface area contributed by atoms with Gasteiger partial charge < -0.3 is 20.1 Å². The van der Waals surface area contributed by atoms with Crippen LogP contribution in [0, 0.1) is 0 Å². The number of hydrogen-bond donors (Lipinski definition) is 2. The highest BCUT2D eigenvalue weighted by atomic mass is 35.5. The maximum atomic E-state index is 12.7. The highest BCUT2D eigenvalue weighted by Crippen LogP contribution is 2.33. The fourth-order valence-corrected chi connectivity index (χ4v) is 2.91. The van der Waals surface area contributed by atoms with Crippen LogP contribution in [0.4, 0.5) is 0 Å². The molecule has 1 aliphatic rings. The lowest BCUT2D eigenvalue weighted by Crippen LogP contribution is -2.45. The molecule has 26 heavy (non-hydrogen) atoms. The first-order chi connectivity index (χ1) is 12.3. The summed E-state index contributed by atoms with van der Waals surface area (Å²) >= 11 is 0. The second kappa shape index (κ2) is 10.0. The van der Waals surface area contributed by atoms with Crippen LogP contribution in [0.5, 0.6) is 17.2 Å². The minimum Gasteiger partial charge on any atom is -0.490 e. The molecule has 0 saturated carbocycles. The Morgan fingerprint density at radius 1 is 1.12 bits per heavy atom. The second-order valence-electron chi connectivity index (χ2n) is 5.99. The zero-order valence-electron chi connectivity index (χ0n) is 14.9. The highest BCUT2D eigenvalue weighted by molar-refractivity contribution is 5.97. The van der Waals surface area contributed by atoms with Crippen LogP contribution in [0.25, 0.3) is 0 Å². The van der Waals surface area contributed by atoms with Gasteiger partial charge in [-0.15, -0.1) is 12.4 Å². The fraction of sp³-hybridized carbons (Fsp3) is 0.350.